The maximum Gasteiger partial charge on any atom is 0.238 e. The van der Waals surface area contributed by atoms with E-state index in [0.717, 1.165) is 25.7 Å². The van der Waals surface area contributed by atoms with Crippen LogP contribution < -0.4 is 16.4 Å². The molecule has 5 nitrogen and oxygen atoms in total. The van der Waals surface area contributed by atoms with Crippen LogP contribution in [0, 0.1) is 5.92 Å². The molecule has 21 heavy (non-hydrogen) atoms. The lowest BCUT2D eigenvalue weighted by atomic mass is 9.88. The number of carbonyl (C=O) groups is 2. The summed E-state index contributed by atoms with van der Waals surface area (Å²) >= 11 is 6.01. The van der Waals surface area contributed by atoms with Crippen LogP contribution in [0.5, 0.6) is 0 Å². The summed E-state index contributed by atoms with van der Waals surface area (Å²) in [5, 5.41) is 5.91. The Hall–Kier alpha value is -1.59. The fraction of sp³-hybridized carbons (Fsp3) is 0.467. The van der Waals surface area contributed by atoms with Crippen LogP contribution in [0.1, 0.15) is 32.1 Å². The summed E-state index contributed by atoms with van der Waals surface area (Å²) in [7, 11) is 0. The summed E-state index contributed by atoms with van der Waals surface area (Å²) in [5.41, 5.74) is 6.34. The number of rotatable bonds is 4. The minimum absolute atomic E-state index is 0.0353. The predicted octanol–water partition coefficient (Wildman–Crippen LogP) is 2.76. The van der Waals surface area contributed by atoms with E-state index in [1.54, 1.807) is 18.2 Å². The van der Waals surface area contributed by atoms with E-state index in [1.165, 1.54) is 6.42 Å². The topological polar surface area (TPSA) is 84.2 Å². The maximum absolute atomic E-state index is 12.2. The third kappa shape index (κ3) is 4.44. The van der Waals surface area contributed by atoms with Gasteiger partial charge in [0.05, 0.1) is 17.3 Å². The molecule has 0 unspecified atom stereocenters. The van der Waals surface area contributed by atoms with Crippen LogP contribution >= 0.6 is 11.6 Å². The van der Waals surface area contributed by atoms with E-state index in [9.17, 15) is 9.59 Å². The van der Waals surface area contributed by atoms with Crippen LogP contribution in [0.25, 0.3) is 0 Å². The van der Waals surface area contributed by atoms with Gasteiger partial charge in [0.15, 0.2) is 0 Å². The van der Waals surface area contributed by atoms with Gasteiger partial charge in [-0.2, -0.15) is 0 Å². The normalized spacial score (nSPS) is 15.5. The van der Waals surface area contributed by atoms with Gasteiger partial charge >= 0.3 is 0 Å². The molecule has 0 aromatic heterocycles. The van der Waals surface area contributed by atoms with Gasteiger partial charge in [-0.15, -0.1) is 0 Å². The highest BCUT2D eigenvalue weighted by molar-refractivity contribution is 6.33. The fourth-order valence-electron chi connectivity index (χ4n) is 2.51. The average Bonchev–Trinajstić information content (AvgIpc) is 2.51. The number of benzene rings is 1. The molecule has 0 saturated heterocycles. The van der Waals surface area contributed by atoms with Gasteiger partial charge in [0, 0.05) is 11.6 Å². The summed E-state index contributed by atoms with van der Waals surface area (Å²) in [6.07, 6.45) is 5.30. The number of halogens is 1. The summed E-state index contributed by atoms with van der Waals surface area (Å²) < 4.78 is 0. The van der Waals surface area contributed by atoms with Gasteiger partial charge in [-0.05, 0) is 31.0 Å². The smallest absolute Gasteiger partial charge is 0.238 e. The minimum Gasteiger partial charge on any atom is -0.326 e. The van der Waals surface area contributed by atoms with E-state index < -0.39 is 0 Å². The summed E-state index contributed by atoms with van der Waals surface area (Å²) in [4.78, 5) is 23.5. The molecule has 1 aliphatic rings. The van der Waals surface area contributed by atoms with Crippen molar-refractivity contribution in [1.82, 2.24) is 0 Å². The first kappa shape index (κ1) is 15.8. The Morgan fingerprint density at radius 1 is 1.19 bits per heavy atom. The van der Waals surface area contributed by atoms with E-state index in [4.69, 9.17) is 17.3 Å². The first-order valence-electron chi connectivity index (χ1n) is 7.20. The van der Waals surface area contributed by atoms with E-state index in [0.29, 0.717) is 16.4 Å². The molecule has 2 rings (SSSR count). The third-order valence-electron chi connectivity index (χ3n) is 3.67. The zero-order valence-corrected chi connectivity index (χ0v) is 12.6. The standard InChI is InChI=1S/C15H20ClN3O2/c16-12-7-6-11(8-13(12)19-14(20)9-17)18-15(21)10-4-2-1-3-5-10/h6-8,10H,1-5,9,17H2,(H,18,21)(H,19,20). The van der Waals surface area contributed by atoms with Crippen molar-refractivity contribution in [2.75, 3.05) is 17.2 Å². The van der Waals surface area contributed by atoms with E-state index in [2.05, 4.69) is 10.6 Å². The van der Waals surface area contributed by atoms with E-state index >= 15 is 0 Å². The molecular formula is C15H20ClN3O2. The lowest BCUT2D eigenvalue weighted by Crippen LogP contribution is -2.25. The van der Waals surface area contributed by atoms with Gasteiger partial charge in [0.1, 0.15) is 0 Å². The van der Waals surface area contributed by atoms with Crippen molar-refractivity contribution in [3.05, 3.63) is 23.2 Å². The van der Waals surface area contributed by atoms with Gasteiger partial charge in [-0.1, -0.05) is 30.9 Å². The van der Waals surface area contributed by atoms with Gasteiger partial charge < -0.3 is 16.4 Å². The molecule has 0 aliphatic heterocycles. The van der Waals surface area contributed by atoms with Gasteiger partial charge in [-0.3, -0.25) is 9.59 Å². The summed E-state index contributed by atoms with van der Waals surface area (Å²) in [6.45, 7) is -0.116. The Labute approximate surface area is 129 Å². The number of nitrogens with two attached hydrogens (primary N) is 1. The van der Waals surface area contributed by atoms with Crippen molar-refractivity contribution >= 4 is 34.8 Å². The van der Waals surface area contributed by atoms with Crippen LogP contribution in [-0.2, 0) is 9.59 Å². The van der Waals surface area contributed by atoms with Crippen LogP contribution in [0.2, 0.25) is 5.02 Å². The summed E-state index contributed by atoms with van der Waals surface area (Å²) in [5.74, 6) is -0.211. The number of amides is 2. The monoisotopic (exact) mass is 309 g/mol. The molecule has 1 saturated carbocycles. The lowest BCUT2D eigenvalue weighted by Gasteiger charge is -2.21. The molecule has 114 valence electrons. The Balaban J connectivity index is 2.04. The first-order chi connectivity index (χ1) is 10.1. The lowest BCUT2D eigenvalue weighted by molar-refractivity contribution is -0.120. The average molecular weight is 310 g/mol. The zero-order valence-electron chi connectivity index (χ0n) is 11.8. The van der Waals surface area contributed by atoms with Crippen molar-refractivity contribution in [1.29, 1.82) is 0 Å². The van der Waals surface area contributed by atoms with Gasteiger partial charge in [0.25, 0.3) is 0 Å². The molecule has 1 fully saturated rings. The second-order valence-electron chi connectivity index (χ2n) is 5.27. The maximum atomic E-state index is 12.2. The van der Waals surface area contributed by atoms with Gasteiger partial charge in [-0.25, -0.2) is 0 Å². The number of anilines is 2. The number of nitrogens with one attached hydrogen (secondary N) is 2. The molecule has 4 N–H and O–H groups in total. The highest BCUT2D eigenvalue weighted by atomic mass is 35.5. The molecule has 0 spiro atoms. The SMILES string of the molecule is NCC(=O)Nc1cc(NC(=O)C2CCCCC2)ccc1Cl. The van der Waals surface area contributed by atoms with Crippen molar-refractivity contribution in [3.8, 4) is 0 Å². The molecule has 6 heteroatoms. The molecule has 1 aromatic carbocycles. The van der Waals surface area contributed by atoms with Crippen LogP contribution in [0.3, 0.4) is 0 Å². The van der Waals surface area contributed by atoms with Crippen LogP contribution in [0.15, 0.2) is 18.2 Å². The molecule has 0 bridgehead atoms. The predicted molar refractivity (Wildman–Crippen MR) is 84.3 cm³/mol. The zero-order chi connectivity index (χ0) is 15.2. The van der Waals surface area contributed by atoms with Crippen molar-refractivity contribution in [2.45, 2.75) is 32.1 Å². The fourth-order valence-corrected chi connectivity index (χ4v) is 2.67. The number of hydrogen-bond acceptors (Lipinski definition) is 3. The molecule has 1 aliphatic carbocycles. The Morgan fingerprint density at radius 2 is 1.90 bits per heavy atom. The molecule has 2 amide bonds. The Morgan fingerprint density at radius 3 is 2.57 bits per heavy atom. The molecule has 0 heterocycles. The number of hydrogen-bond donors (Lipinski definition) is 3. The Kier molecular flexibility index (Phi) is 5.59. The summed E-state index contributed by atoms with van der Waals surface area (Å²) in [6, 6.07) is 5.02. The van der Waals surface area contributed by atoms with Crippen molar-refractivity contribution in [3.63, 3.8) is 0 Å². The van der Waals surface area contributed by atoms with E-state index in [-0.39, 0.29) is 24.3 Å². The number of carbonyl (C=O) groups excluding carboxylic acids is 2. The highest BCUT2D eigenvalue weighted by Crippen LogP contribution is 2.28. The second-order valence-corrected chi connectivity index (χ2v) is 5.68. The molecule has 0 radical (unpaired) electrons. The third-order valence-corrected chi connectivity index (χ3v) is 4.00. The van der Waals surface area contributed by atoms with Gasteiger partial charge in [0.2, 0.25) is 11.8 Å². The molecule has 0 atom stereocenters. The minimum atomic E-state index is -0.326. The van der Waals surface area contributed by atoms with Crippen LogP contribution in [0.4, 0.5) is 11.4 Å². The second kappa shape index (κ2) is 7.43. The van der Waals surface area contributed by atoms with Crippen LogP contribution in [-0.4, -0.2) is 18.4 Å². The largest absolute Gasteiger partial charge is 0.326 e. The van der Waals surface area contributed by atoms with Crippen molar-refractivity contribution < 1.29 is 9.59 Å². The molecule has 1 aromatic rings. The quantitative estimate of drug-likeness (QED) is 0.799. The Bertz CT molecular complexity index is 528. The van der Waals surface area contributed by atoms with E-state index in [1.807, 2.05) is 0 Å². The first-order valence-corrected chi connectivity index (χ1v) is 7.58. The van der Waals surface area contributed by atoms with Crippen molar-refractivity contribution in [2.24, 2.45) is 11.7 Å². The molecular weight excluding hydrogens is 290 g/mol. The highest BCUT2D eigenvalue weighted by Gasteiger charge is 2.21.